The Morgan fingerprint density at radius 2 is 0.875 bits per heavy atom. The van der Waals surface area contributed by atoms with Gasteiger partial charge in [0.2, 0.25) is 0 Å². The predicted octanol–water partition coefficient (Wildman–Crippen LogP) is 2.61. The second kappa shape index (κ2) is 57.7. The maximum atomic E-state index is 3.36. The second-order valence-electron chi connectivity index (χ2n) is 0.816. The standard InChI is InChI=1S/2C3H6.2H2S/c2*1-3-2;;/h2*3H,1H2,2H3;2*1H2. The van der Waals surface area contributed by atoms with Crippen LogP contribution in [0.2, 0.25) is 0 Å². The van der Waals surface area contributed by atoms with Gasteiger partial charge in [-0.1, -0.05) is 12.2 Å². The highest BCUT2D eigenvalue weighted by molar-refractivity contribution is 7.59. The lowest BCUT2D eigenvalue weighted by Crippen LogP contribution is -1.07. The molecule has 0 aromatic rings. The van der Waals surface area contributed by atoms with Crippen LogP contribution in [-0.4, -0.2) is 0 Å². The van der Waals surface area contributed by atoms with Crippen LogP contribution in [0.4, 0.5) is 0 Å². The Balaban J connectivity index is -0.0000000160. The highest BCUT2D eigenvalue weighted by atomic mass is 32.1. The molecule has 52 valence electrons. The average Bonchev–Trinajstić information content (AvgIpc) is 1.39. The molecule has 0 N–H and O–H groups in total. The van der Waals surface area contributed by atoms with Gasteiger partial charge in [-0.05, 0) is 13.8 Å². The van der Waals surface area contributed by atoms with Crippen LogP contribution in [0.5, 0.6) is 0 Å². The zero-order valence-electron chi connectivity index (χ0n) is 5.57. The summed E-state index contributed by atoms with van der Waals surface area (Å²) in [7, 11) is 0. The SMILES string of the molecule is C=CC.C=CC.S.S. The molecule has 0 bridgehead atoms. The lowest BCUT2D eigenvalue weighted by atomic mass is 10.8. The van der Waals surface area contributed by atoms with Gasteiger partial charge in [0, 0.05) is 0 Å². The lowest BCUT2D eigenvalue weighted by Gasteiger charge is -1.31. The van der Waals surface area contributed by atoms with Crippen LogP contribution in [0.25, 0.3) is 0 Å². The van der Waals surface area contributed by atoms with E-state index in [0.717, 1.165) is 0 Å². The van der Waals surface area contributed by atoms with Gasteiger partial charge in [-0.2, -0.15) is 27.0 Å². The quantitative estimate of drug-likeness (QED) is 0.468. The van der Waals surface area contributed by atoms with Crippen LogP contribution in [0.1, 0.15) is 13.8 Å². The number of hydrogen-bond donors (Lipinski definition) is 0. The van der Waals surface area contributed by atoms with Gasteiger partial charge in [0.05, 0.1) is 0 Å². The Kier molecular flexibility index (Phi) is 174. The molecular formula is C6H16S2. The van der Waals surface area contributed by atoms with Gasteiger partial charge in [-0.3, -0.25) is 0 Å². The summed E-state index contributed by atoms with van der Waals surface area (Å²) in [6.45, 7) is 10.5. The summed E-state index contributed by atoms with van der Waals surface area (Å²) in [4.78, 5) is 0. The van der Waals surface area contributed by atoms with E-state index in [1.165, 1.54) is 0 Å². The van der Waals surface area contributed by atoms with Gasteiger partial charge >= 0.3 is 0 Å². The Bertz CT molecular complexity index is 27.5. The monoisotopic (exact) mass is 152 g/mol. The van der Waals surface area contributed by atoms with Crippen molar-refractivity contribution in [2.24, 2.45) is 0 Å². The van der Waals surface area contributed by atoms with Crippen LogP contribution >= 0.6 is 27.0 Å². The van der Waals surface area contributed by atoms with Gasteiger partial charge in [0.1, 0.15) is 0 Å². The van der Waals surface area contributed by atoms with Crippen LogP contribution in [-0.2, 0) is 0 Å². The van der Waals surface area contributed by atoms with Crippen molar-refractivity contribution in [2.45, 2.75) is 13.8 Å². The zero-order chi connectivity index (χ0) is 5.41. The Hall–Kier alpha value is 0.180. The van der Waals surface area contributed by atoms with Gasteiger partial charge in [0.15, 0.2) is 0 Å². The summed E-state index contributed by atoms with van der Waals surface area (Å²) in [5.74, 6) is 0. The summed E-state index contributed by atoms with van der Waals surface area (Å²) < 4.78 is 0. The largest absolute Gasteiger partial charge is 0.197 e. The molecule has 2 heteroatoms. The van der Waals surface area contributed by atoms with Crippen LogP contribution < -0.4 is 0 Å². The first-order valence-corrected chi connectivity index (χ1v) is 1.97. The molecule has 0 rings (SSSR count). The van der Waals surface area contributed by atoms with Crippen molar-refractivity contribution >= 4 is 27.0 Å². The molecule has 8 heavy (non-hydrogen) atoms. The Morgan fingerprint density at radius 3 is 0.875 bits per heavy atom. The molecule has 0 aliphatic carbocycles. The minimum absolute atomic E-state index is 0. The fourth-order valence-corrected chi connectivity index (χ4v) is 0. The van der Waals surface area contributed by atoms with Crippen LogP contribution in [0, 0.1) is 0 Å². The molecule has 0 saturated heterocycles. The highest BCUT2D eigenvalue weighted by Gasteiger charge is 1.15. The molecule has 0 amide bonds. The van der Waals surface area contributed by atoms with E-state index in [9.17, 15) is 0 Å². The fraction of sp³-hybridized carbons (Fsp3) is 0.333. The Labute approximate surface area is 66.6 Å². The molecule has 0 aromatic heterocycles. The second-order valence-corrected chi connectivity index (χ2v) is 0.816. The van der Waals surface area contributed by atoms with Crippen molar-refractivity contribution < 1.29 is 0 Å². The molecule has 0 nitrogen and oxygen atoms in total. The van der Waals surface area contributed by atoms with E-state index < -0.39 is 0 Å². The fourth-order valence-electron chi connectivity index (χ4n) is 0. The van der Waals surface area contributed by atoms with E-state index in [0.29, 0.717) is 0 Å². The van der Waals surface area contributed by atoms with Gasteiger partial charge < -0.3 is 0 Å². The highest BCUT2D eigenvalue weighted by Crippen LogP contribution is 1.38. The lowest BCUT2D eigenvalue weighted by molar-refractivity contribution is 1.80. The summed E-state index contributed by atoms with van der Waals surface area (Å²) >= 11 is 0. The maximum Gasteiger partial charge on any atom is -0.0473 e. The third-order valence-electron chi connectivity index (χ3n) is 0. The molecule has 0 aliphatic heterocycles. The summed E-state index contributed by atoms with van der Waals surface area (Å²) in [6.07, 6.45) is 3.50. The summed E-state index contributed by atoms with van der Waals surface area (Å²) in [5.41, 5.74) is 0. The van der Waals surface area contributed by atoms with Crippen LogP contribution in [0.3, 0.4) is 0 Å². The molecule has 0 unspecified atom stereocenters. The van der Waals surface area contributed by atoms with E-state index in [2.05, 4.69) is 13.2 Å². The third-order valence-corrected chi connectivity index (χ3v) is 0. The summed E-state index contributed by atoms with van der Waals surface area (Å²) in [5, 5.41) is 0. The maximum absolute atomic E-state index is 3.36. The Morgan fingerprint density at radius 1 is 0.875 bits per heavy atom. The van der Waals surface area contributed by atoms with Crippen molar-refractivity contribution in [1.29, 1.82) is 0 Å². The van der Waals surface area contributed by atoms with Crippen molar-refractivity contribution in [3.8, 4) is 0 Å². The van der Waals surface area contributed by atoms with E-state index in [1.54, 1.807) is 12.2 Å². The predicted molar refractivity (Wildman–Crippen MR) is 52.5 cm³/mol. The number of hydrogen-bond acceptors (Lipinski definition) is 0. The molecule has 0 aliphatic rings. The number of allylic oxidation sites excluding steroid dienone is 2. The first kappa shape index (κ1) is 24.1. The smallest absolute Gasteiger partial charge is 0.0473 e. The van der Waals surface area contributed by atoms with E-state index in [-0.39, 0.29) is 27.0 Å². The molecule has 0 spiro atoms. The van der Waals surface area contributed by atoms with E-state index in [4.69, 9.17) is 0 Å². The van der Waals surface area contributed by atoms with E-state index >= 15 is 0 Å². The molecule has 0 heterocycles. The van der Waals surface area contributed by atoms with E-state index in [1.807, 2.05) is 13.8 Å². The van der Waals surface area contributed by atoms with Gasteiger partial charge in [-0.15, -0.1) is 13.2 Å². The van der Waals surface area contributed by atoms with Crippen molar-refractivity contribution in [3.63, 3.8) is 0 Å². The molecule has 0 fully saturated rings. The van der Waals surface area contributed by atoms with Crippen molar-refractivity contribution in [2.75, 3.05) is 0 Å². The normalized spacial score (nSPS) is 3.25. The molecular weight excluding hydrogens is 136 g/mol. The van der Waals surface area contributed by atoms with Crippen molar-refractivity contribution in [1.82, 2.24) is 0 Å². The summed E-state index contributed by atoms with van der Waals surface area (Å²) in [6, 6.07) is 0. The minimum atomic E-state index is 0. The molecule has 0 saturated carbocycles. The third kappa shape index (κ3) is 5120. The van der Waals surface area contributed by atoms with Crippen LogP contribution in [0.15, 0.2) is 25.3 Å². The van der Waals surface area contributed by atoms with Gasteiger partial charge in [-0.25, -0.2) is 0 Å². The average molecular weight is 152 g/mol. The minimum Gasteiger partial charge on any atom is -0.197 e. The van der Waals surface area contributed by atoms with Gasteiger partial charge in [0.25, 0.3) is 0 Å². The molecule has 0 aromatic carbocycles. The topological polar surface area (TPSA) is 0 Å². The molecule has 0 radical (unpaired) electrons. The first-order valence-electron chi connectivity index (χ1n) is 1.97. The first-order chi connectivity index (χ1) is 2.83. The zero-order valence-corrected chi connectivity index (χ0v) is 7.57. The molecule has 0 atom stereocenters. The number of rotatable bonds is 0. The van der Waals surface area contributed by atoms with Crippen molar-refractivity contribution in [3.05, 3.63) is 25.3 Å².